The number of ether oxygens (including phenoxy) is 2. The number of morpholine rings is 1. The fourth-order valence-electron chi connectivity index (χ4n) is 1.96. The van der Waals surface area contributed by atoms with E-state index < -0.39 is 0 Å². The van der Waals surface area contributed by atoms with Crippen LogP contribution in [0.1, 0.15) is 17.3 Å². The van der Waals surface area contributed by atoms with Gasteiger partial charge in [-0.05, 0) is 47.7 Å². The van der Waals surface area contributed by atoms with Gasteiger partial charge in [-0.25, -0.2) is 4.79 Å². The number of halogens is 1. The molecule has 0 unspecified atom stereocenters. The molecule has 1 aromatic carbocycles. The standard InChI is InChI=1S/C13H16INO3/c1-2-18-13(16)11-9-10(14)3-4-12(11)15-5-7-17-8-6-15/h3-4,9H,2,5-8H2,1H3. The molecule has 1 heterocycles. The minimum atomic E-state index is -0.252. The van der Waals surface area contributed by atoms with Crippen molar-refractivity contribution in [2.24, 2.45) is 0 Å². The first-order valence-corrected chi connectivity index (χ1v) is 7.09. The van der Waals surface area contributed by atoms with Crippen LogP contribution in [0.5, 0.6) is 0 Å². The monoisotopic (exact) mass is 361 g/mol. The van der Waals surface area contributed by atoms with Gasteiger partial charge in [0.05, 0.1) is 31.1 Å². The largest absolute Gasteiger partial charge is 0.462 e. The molecule has 0 saturated carbocycles. The van der Waals surface area contributed by atoms with Crippen LogP contribution in [0.25, 0.3) is 0 Å². The van der Waals surface area contributed by atoms with Gasteiger partial charge in [0.2, 0.25) is 0 Å². The normalized spacial score (nSPS) is 15.6. The van der Waals surface area contributed by atoms with Crippen LogP contribution in [0.15, 0.2) is 18.2 Å². The van der Waals surface area contributed by atoms with Crippen LogP contribution < -0.4 is 4.90 Å². The highest BCUT2D eigenvalue weighted by Crippen LogP contribution is 2.24. The summed E-state index contributed by atoms with van der Waals surface area (Å²) in [7, 11) is 0. The summed E-state index contributed by atoms with van der Waals surface area (Å²) in [5.74, 6) is -0.252. The molecule has 0 amide bonds. The van der Waals surface area contributed by atoms with E-state index in [0.717, 1.165) is 22.3 Å². The summed E-state index contributed by atoms with van der Waals surface area (Å²) < 4.78 is 11.5. The minimum Gasteiger partial charge on any atom is -0.462 e. The molecule has 1 aromatic rings. The number of carbonyl (C=O) groups is 1. The number of anilines is 1. The topological polar surface area (TPSA) is 38.8 Å². The molecule has 1 aliphatic heterocycles. The molecule has 18 heavy (non-hydrogen) atoms. The number of hydrogen-bond acceptors (Lipinski definition) is 4. The third kappa shape index (κ3) is 3.14. The van der Waals surface area contributed by atoms with Gasteiger partial charge in [-0.3, -0.25) is 0 Å². The van der Waals surface area contributed by atoms with Gasteiger partial charge in [0, 0.05) is 16.7 Å². The van der Waals surface area contributed by atoms with Gasteiger partial charge >= 0.3 is 5.97 Å². The molecule has 0 atom stereocenters. The van der Waals surface area contributed by atoms with Gasteiger partial charge in [-0.2, -0.15) is 0 Å². The van der Waals surface area contributed by atoms with Crippen molar-refractivity contribution in [3.8, 4) is 0 Å². The van der Waals surface area contributed by atoms with Gasteiger partial charge < -0.3 is 14.4 Å². The molecule has 0 N–H and O–H groups in total. The Morgan fingerprint density at radius 3 is 2.83 bits per heavy atom. The molecule has 2 rings (SSSR count). The number of nitrogens with zero attached hydrogens (tertiary/aromatic N) is 1. The summed E-state index contributed by atoms with van der Waals surface area (Å²) >= 11 is 2.20. The van der Waals surface area contributed by atoms with Crippen LogP contribution in [0.3, 0.4) is 0 Å². The summed E-state index contributed by atoms with van der Waals surface area (Å²) in [4.78, 5) is 14.1. The first-order chi connectivity index (χ1) is 8.72. The first-order valence-electron chi connectivity index (χ1n) is 6.01. The Balaban J connectivity index is 2.30. The first kappa shape index (κ1) is 13.6. The maximum atomic E-state index is 12.0. The van der Waals surface area contributed by atoms with Crippen LogP contribution in [-0.4, -0.2) is 38.9 Å². The molecule has 1 aliphatic rings. The molecule has 4 nitrogen and oxygen atoms in total. The van der Waals surface area contributed by atoms with Crippen LogP contribution >= 0.6 is 22.6 Å². The van der Waals surface area contributed by atoms with E-state index in [-0.39, 0.29) is 5.97 Å². The average Bonchev–Trinajstić information content (AvgIpc) is 2.40. The lowest BCUT2D eigenvalue weighted by Gasteiger charge is -2.30. The van der Waals surface area contributed by atoms with Crippen LogP contribution in [0.2, 0.25) is 0 Å². The Morgan fingerprint density at radius 2 is 2.17 bits per heavy atom. The highest BCUT2D eigenvalue weighted by atomic mass is 127. The van der Waals surface area contributed by atoms with Crippen molar-refractivity contribution in [3.05, 3.63) is 27.3 Å². The Bertz CT molecular complexity index is 430. The zero-order valence-corrected chi connectivity index (χ0v) is 12.5. The SMILES string of the molecule is CCOC(=O)c1cc(I)ccc1N1CCOCC1. The Kier molecular flexibility index (Phi) is 4.82. The van der Waals surface area contributed by atoms with Gasteiger partial charge in [0.25, 0.3) is 0 Å². The second-order valence-corrected chi connectivity index (χ2v) is 5.23. The summed E-state index contributed by atoms with van der Waals surface area (Å²) in [6.45, 7) is 5.25. The maximum absolute atomic E-state index is 12.0. The van der Waals surface area contributed by atoms with E-state index in [2.05, 4.69) is 27.5 Å². The van der Waals surface area contributed by atoms with E-state index in [1.807, 2.05) is 25.1 Å². The zero-order valence-electron chi connectivity index (χ0n) is 10.3. The van der Waals surface area contributed by atoms with Crippen molar-refractivity contribution >= 4 is 34.2 Å². The molecule has 98 valence electrons. The van der Waals surface area contributed by atoms with Crippen LogP contribution in [0, 0.1) is 3.57 Å². The van der Waals surface area contributed by atoms with Crippen LogP contribution in [0.4, 0.5) is 5.69 Å². The molecule has 1 fully saturated rings. The Morgan fingerprint density at radius 1 is 1.44 bits per heavy atom. The number of esters is 1. The van der Waals surface area contributed by atoms with E-state index >= 15 is 0 Å². The Labute approximate surface area is 120 Å². The third-order valence-electron chi connectivity index (χ3n) is 2.81. The molecule has 0 bridgehead atoms. The predicted molar refractivity (Wildman–Crippen MR) is 78.1 cm³/mol. The van der Waals surface area contributed by atoms with Crippen molar-refractivity contribution in [1.82, 2.24) is 0 Å². The average molecular weight is 361 g/mol. The van der Waals surface area contributed by atoms with E-state index in [9.17, 15) is 4.79 Å². The molecular weight excluding hydrogens is 345 g/mol. The third-order valence-corrected chi connectivity index (χ3v) is 3.48. The van der Waals surface area contributed by atoms with Crippen molar-refractivity contribution in [3.63, 3.8) is 0 Å². The zero-order chi connectivity index (χ0) is 13.0. The Hall–Kier alpha value is -0.820. The summed E-state index contributed by atoms with van der Waals surface area (Å²) in [5.41, 5.74) is 1.59. The molecule has 0 spiro atoms. The van der Waals surface area contributed by atoms with Gasteiger partial charge in [0.15, 0.2) is 0 Å². The highest BCUT2D eigenvalue weighted by molar-refractivity contribution is 14.1. The van der Waals surface area contributed by atoms with Gasteiger partial charge in [0.1, 0.15) is 0 Å². The summed E-state index contributed by atoms with van der Waals surface area (Å²) in [5, 5.41) is 0. The van der Waals surface area contributed by atoms with Gasteiger partial charge in [-0.1, -0.05) is 0 Å². The second-order valence-electron chi connectivity index (χ2n) is 3.98. The molecule has 1 saturated heterocycles. The number of carbonyl (C=O) groups excluding carboxylic acids is 1. The van der Waals surface area contributed by atoms with Crippen LogP contribution in [-0.2, 0) is 9.47 Å². The summed E-state index contributed by atoms with van der Waals surface area (Å²) in [6, 6.07) is 5.87. The second kappa shape index (κ2) is 6.38. The highest BCUT2D eigenvalue weighted by Gasteiger charge is 2.19. The number of hydrogen-bond donors (Lipinski definition) is 0. The van der Waals surface area contributed by atoms with E-state index in [1.54, 1.807) is 0 Å². The van der Waals surface area contributed by atoms with Crippen molar-refractivity contribution in [2.75, 3.05) is 37.8 Å². The van der Waals surface area contributed by atoms with Crippen molar-refractivity contribution in [2.45, 2.75) is 6.92 Å². The minimum absolute atomic E-state index is 0.252. The molecule has 0 aliphatic carbocycles. The van der Waals surface area contributed by atoms with Gasteiger partial charge in [-0.15, -0.1) is 0 Å². The smallest absolute Gasteiger partial charge is 0.340 e. The quantitative estimate of drug-likeness (QED) is 0.612. The van der Waals surface area contributed by atoms with Crippen molar-refractivity contribution < 1.29 is 14.3 Å². The fourth-order valence-corrected chi connectivity index (χ4v) is 2.45. The number of rotatable bonds is 3. The lowest BCUT2D eigenvalue weighted by atomic mass is 10.1. The lowest BCUT2D eigenvalue weighted by molar-refractivity contribution is 0.0526. The fraction of sp³-hybridized carbons (Fsp3) is 0.462. The van der Waals surface area contributed by atoms with E-state index in [0.29, 0.717) is 25.4 Å². The summed E-state index contributed by atoms with van der Waals surface area (Å²) in [6.07, 6.45) is 0. The molecular formula is C13H16INO3. The maximum Gasteiger partial charge on any atom is 0.340 e. The predicted octanol–water partition coefficient (Wildman–Crippen LogP) is 2.30. The number of benzene rings is 1. The lowest BCUT2D eigenvalue weighted by Crippen LogP contribution is -2.37. The molecule has 0 aromatic heterocycles. The molecule has 0 radical (unpaired) electrons. The van der Waals surface area contributed by atoms with E-state index in [4.69, 9.17) is 9.47 Å². The molecule has 5 heteroatoms. The van der Waals surface area contributed by atoms with E-state index in [1.165, 1.54) is 0 Å². The van der Waals surface area contributed by atoms with Crippen molar-refractivity contribution in [1.29, 1.82) is 0 Å².